The van der Waals surface area contributed by atoms with Crippen LogP contribution in [0.25, 0.3) is 0 Å². The van der Waals surface area contributed by atoms with Crippen LogP contribution in [0.15, 0.2) is 48.5 Å². The van der Waals surface area contributed by atoms with E-state index in [0.717, 1.165) is 25.7 Å². The Hall–Kier alpha value is -2.64. The number of halogens is 2. The first-order valence-corrected chi connectivity index (χ1v) is 10.7. The predicted molar refractivity (Wildman–Crippen MR) is 117 cm³/mol. The summed E-state index contributed by atoms with van der Waals surface area (Å²) in [4.78, 5) is 25.1. The van der Waals surface area contributed by atoms with Crippen molar-refractivity contribution in [1.29, 1.82) is 0 Å². The molecule has 166 valence electrons. The highest BCUT2D eigenvalue weighted by Gasteiger charge is 2.25. The van der Waals surface area contributed by atoms with Crippen molar-refractivity contribution in [3.05, 3.63) is 59.4 Å². The number of aliphatic carboxylic acids is 1. The molecular weight excluding hydrogens is 423 g/mol. The van der Waals surface area contributed by atoms with Gasteiger partial charge in [0, 0.05) is 11.6 Å². The molecule has 1 saturated carbocycles. The van der Waals surface area contributed by atoms with E-state index in [9.17, 15) is 14.0 Å². The Bertz CT molecular complexity index is 876. The van der Waals surface area contributed by atoms with E-state index in [4.69, 9.17) is 21.4 Å². The molecule has 0 aromatic heterocycles. The third-order valence-electron chi connectivity index (χ3n) is 5.34. The van der Waals surface area contributed by atoms with Crippen molar-refractivity contribution < 1.29 is 23.8 Å². The van der Waals surface area contributed by atoms with Gasteiger partial charge in [0.2, 0.25) is 0 Å². The summed E-state index contributed by atoms with van der Waals surface area (Å²) in [5, 5.41) is 11.9. The quantitative estimate of drug-likeness (QED) is 0.579. The maximum Gasteiger partial charge on any atom is 0.329 e. The summed E-state index contributed by atoms with van der Waals surface area (Å²) in [6.45, 7) is 0.593. The lowest BCUT2D eigenvalue weighted by Gasteiger charge is -2.30. The van der Waals surface area contributed by atoms with Crippen molar-refractivity contribution in [3.63, 3.8) is 0 Å². The number of benzene rings is 2. The summed E-state index contributed by atoms with van der Waals surface area (Å²) in [5.41, 5.74) is 0.947. The zero-order valence-corrected chi connectivity index (χ0v) is 17.9. The van der Waals surface area contributed by atoms with Crippen LogP contribution in [0, 0.1) is 17.7 Å². The van der Waals surface area contributed by atoms with E-state index < -0.39 is 11.8 Å². The van der Waals surface area contributed by atoms with Gasteiger partial charge >= 0.3 is 12.0 Å². The molecule has 3 rings (SSSR count). The van der Waals surface area contributed by atoms with E-state index >= 15 is 0 Å². The molecule has 0 heterocycles. The van der Waals surface area contributed by atoms with Crippen LogP contribution in [0.4, 0.5) is 20.6 Å². The number of urea groups is 1. The number of rotatable bonds is 8. The molecule has 2 aromatic carbocycles. The number of nitrogens with zero attached hydrogens (tertiary/aromatic N) is 1. The third-order valence-corrected chi connectivity index (χ3v) is 5.55. The molecule has 2 N–H and O–H groups in total. The van der Waals surface area contributed by atoms with Gasteiger partial charge in [0.15, 0.2) is 0 Å². The van der Waals surface area contributed by atoms with Crippen molar-refractivity contribution in [3.8, 4) is 0 Å². The molecule has 1 aliphatic rings. The number of carbonyl (C=O) groups is 2. The number of hydrogen-bond acceptors (Lipinski definition) is 3. The SMILES string of the molecule is O=C(O)COCC1CCCC(CNC(=O)N(c2ccccc2)c2cc(F)cc(Cl)c2)C1. The van der Waals surface area contributed by atoms with Crippen molar-refractivity contribution in [2.45, 2.75) is 25.7 Å². The minimum atomic E-state index is -0.974. The molecule has 31 heavy (non-hydrogen) atoms. The van der Waals surface area contributed by atoms with Crippen molar-refractivity contribution in [1.82, 2.24) is 5.32 Å². The normalized spacial score (nSPS) is 18.4. The molecule has 2 aromatic rings. The Kier molecular flexibility index (Phi) is 8.26. The van der Waals surface area contributed by atoms with Gasteiger partial charge in [0.25, 0.3) is 0 Å². The Morgan fingerprint density at radius 2 is 1.87 bits per heavy atom. The lowest BCUT2D eigenvalue weighted by Crippen LogP contribution is -2.40. The Balaban J connectivity index is 1.65. The number of anilines is 2. The number of para-hydroxylation sites is 1. The number of carboxylic acids is 1. The second-order valence-corrected chi connectivity index (χ2v) is 8.23. The molecule has 0 radical (unpaired) electrons. The van der Waals surface area contributed by atoms with Gasteiger partial charge in [0.05, 0.1) is 18.0 Å². The molecule has 2 amide bonds. The number of amides is 2. The number of hydrogen-bond donors (Lipinski definition) is 2. The van der Waals surface area contributed by atoms with Gasteiger partial charge in [0.1, 0.15) is 12.4 Å². The number of carbonyl (C=O) groups excluding carboxylic acids is 1. The summed E-state index contributed by atoms with van der Waals surface area (Å²) < 4.78 is 19.2. The van der Waals surface area contributed by atoms with E-state index in [1.54, 1.807) is 30.3 Å². The van der Waals surface area contributed by atoms with Crippen LogP contribution in [0.3, 0.4) is 0 Å². The maximum atomic E-state index is 13.9. The molecule has 2 unspecified atom stereocenters. The van der Waals surface area contributed by atoms with Crippen molar-refractivity contribution >= 4 is 35.0 Å². The van der Waals surface area contributed by atoms with Gasteiger partial charge in [-0.3, -0.25) is 4.90 Å². The van der Waals surface area contributed by atoms with Crippen LogP contribution in [0.2, 0.25) is 5.02 Å². The van der Waals surface area contributed by atoms with Gasteiger partial charge in [-0.2, -0.15) is 0 Å². The molecule has 0 aliphatic heterocycles. The average molecular weight is 449 g/mol. The second-order valence-electron chi connectivity index (χ2n) is 7.79. The highest BCUT2D eigenvalue weighted by atomic mass is 35.5. The van der Waals surface area contributed by atoms with Crippen LogP contribution in [0.1, 0.15) is 25.7 Å². The molecule has 2 atom stereocenters. The Morgan fingerprint density at radius 1 is 1.13 bits per heavy atom. The molecule has 8 heteroatoms. The van der Waals surface area contributed by atoms with Gasteiger partial charge in [-0.25, -0.2) is 14.0 Å². The summed E-state index contributed by atoms with van der Waals surface area (Å²) in [6, 6.07) is 12.6. The van der Waals surface area contributed by atoms with E-state index in [-0.39, 0.29) is 29.5 Å². The van der Waals surface area contributed by atoms with Crippen molar-refractivity contribution in [2.75, 3.05) is 24.7 Å². The molecule has 0 bridgehead atoms. The first-order valence-electron chi connectivity index (χ1n) is 10.3. The Morgan fingerprint density at radius 3 is 2.58 bits per heavy atom. The number of carboxylic acid groups (broad SMARTS) is 1. The fourth-order valence-electron chi connectivity index (χ4n) is 3.99. The number of ether oxygens (including phenoxy) is 1. The summed E-state index contributed by atoms with van der Waals surface area (Å²) in [6.07, 6.45) is 3.83. The van der Waals surface area contributed by atoms with Crippen molar-refractivity contribution in [2.24, 2.45) is 11.8 Å². The lowest BCUT2D eigenvalue weighted by molar-refractivity contribution is -0.142. The standard InChI is InChI=1S/C23H26ClFN2O4/c24-18-10-19(25)12-21(11-18)27(20-7-2-1-3-8-20)23(30)26-13-16-5-4-6-17(9-16)14-31-15-22(28)29/h1-3,7-8,10-12,16-17H,4-6,9,13-15H2,(H,26,30)(H,28,29). The molecule has 0 spiro atoms. The smallest absolute Gasteiger partial charge is 0.329 e. The highest BCUT2D eigenvalue weighted by molar-refractivity contribution is 6.31. The molecular formula is C23H26ClFN2O4. The van der Waals surface area contributed by atoms with E-state index in [2.05, 4.69) is 5.32 Å². The minimum absolute atomic E-state index is 0.209. The molecule has 1 aliphatic carbocycles. The molecule has 0 saturated heterocycles. The molecule has 6 nitrogen and oxygen atoms in total. The topological polar surface area (TPSA) is 78.9 Å². The lowest BCUT2D eigenvalue weighted by atomic mass is 9.82. The Labute approximate surface area is 186 Å². The second kappa shape index (κ2) is 11.1. The van der Waals surface area contributed by atoms with Crippen LogP contribution in [0.5, 0.6) is 0 Å². The average Bonchev–Trinajstić information content (AvgIpc) is 2.73. The summed E-state index contributed by atoms with van der Waals surface area (Å²) in [7, 11) is 0. The third kappa shape index (κ3) is 6.94. The van der Waals surface area contributed by atoms with Gasteiger partial charge in [-0.05, 0) is 61.4 Å². The zero-order chi connectivity index (χ0) is 22.2. The fraction of sp³-hybridized carbons (Fsp3) is 0.391. The maximum absolute atomic E-state index is 13.9. The van der Waals surface area contributed by atoms with Gasteiger partial charge < -0.3 is 15.2 Å². The van der Waals surface area contributed by atoms with Crippen LogP contribution in [-0.4, -0.2) is 36.9 Å². The van der Waals surface area contributed by atoms with E-state index in [1.807, 2.05) is 6.07 Å². The van der Waals surface area contributed by atoms with Crippen LogP contribution in [-0.2, 0) is 9.53 Å². The van der Waals surface area contributed by atoms with Gasteiger partial charge in [-0.1, -0.05) is 36.2 Å². The first kappa shape index (κ1) is 23.0. The predicted octanol–water partition coefficient (Wildman–Crippen LogP) is 5.23. The fourth-order valence-corrected chi connectivity index (χ4v) is 4.21. The number of nitrogens with one attached hydrogen (secondary N) is 1. The monoisotopic (exact) mass is 448 g/mol. The first-order chi connectivity index (χ1) is 14.9. The van der Waals surface area contributed by atoms with Crippen LogP contribution >= 0.6 is 11.6 Å². The molecule has 1 fully saturated rings. The zero-order valence-electron chi connectivity index (χ0n) is 17.1. The minimum Gasteiger partial charge on any atom is -0.480 e. The van der Waals surface area contributed by atoms with E-state index in [0.29, 0.717) is 24.5 Å². The largest absolute Gasteiger partial charge is 0.480 e. The highest BCUT2D eigenvalue weighted by Crippen LogP contribution is 2.31. The van der Waals surface area contributed by atoms with E-state index in [1.165, 1.54) is 17.0 Å². The summed E-state index contributed by atoms with van der Waals surface area (Å²) in [5.74, 6) is -0.946. The van der Waals surface area contributed by atoms with Gasteiger partial charge in [-0.15, -0.1) is 0 Å². The summed E-state index contributed by atoms with van der Waals surface area (Å²) >= 11 is 6.02. The van der Waals surface area contributed by atoms with Crippen LogP contribution < -0.4 is 10.2 Å².